The standard InChI is InChI=1S/C23H23ClN4O3S/c1-2-20(29)27-10-12-28(13-11-27)21-16(24)7-5-8-17(21)25-23(32)26-22(30)19-14-15-6-3-4-9-18(15)31-19/h3-9,14H,2,10-13H2,1H3,(H2,25,26,30,32). The minimum atomic E-state index is -0.436. The van der Waals surface area contributed by atoms with Gasteiger partial charge in [0.15, 0.2) is 10.9 Å². The number of hydrogen-bond donors (Lipinski definition) is 2. The Balaban J connectivity index is 1.45. The number of benzene rings is 2. The van der Waals surface area contributed by atoms with Crippen LogP contribution in [-0.4, -0.2) is 48.0 Å². The van der Waals surface area contributed by atoms with Crippen molar-refractivity contribution in [3.05, 3.63) is 59.3 Å². The van der Waals surface area contributed by atoms with Gasteiger partial charge in [0.2, 0.25) is 5.91 Å². The van der Waals surface area contributed by atoms with Crippen molar-refractivity contribution in [2.24, 2.45) is 0 Å². The molecule has 32 heavy (non-hydrogen) atoms. The number of fused-ring (bicyclic) bond motifs is 1. The van der Waals surface area contributed by atoms with Gasteiger partial charge in [-0.2, -0.15) is 0 Å². The normalized spacial score (nSPS) is 13.8. The number of amides is 2. The molecule has 3 aromatic rings. The molecule has 7 nitrogen and oxygen atoms in total. The van der Waals surface area contributed by atoms with E-state index in [0.717, 1.165) is 11.1 Å². The summed E-state index contributed by atoms with van der Waals surface area (Å²) in [5, 5.41) is 7.28. The first-order chi connectivity index (χ1) is 15.5. The van der Waals surface area contributed by atoms with Crippen LogP contribution in [-0.2, 0) is 4.79 Å². The highest BCUT2D eigenvalue weighted by Gasteiger charge is 2.24. The number of nitrogens with one attached hydrogen (secondary N) is 2. The smallest absolute Gasteiger partial charge is 0.293 e. The Morgan fingerprint density at radius 3 is 2.56 bits per heavy atom. The van der Waals surface area contributed by atoms with E-state index in [4.69, 9.17) is 28.2 Å². The van der Waals surface area contributed by atoms with Crippen LogP contribution in [0.25, 0.3) is 11.0 Å². The highest BCUT2D eigenvalue weighted by molar-refractivity contribution is 7.80. The molecule has 1 aliphatic rings. The van der Waals surface area contributed by atoms with E-state index in [1.807, 2.05) is 48.2 Å². The molecule has 0 saturated carbocycles. The molecule has 1 aliphatic heterocycles. The van der Waals surface area contributed by atoms with Gasteiger partial charge in [-0.15, -0.1) is 0 Å². The first kappa shape index (κ1) is 22.1. The van der Waals surface area contributed by atoms with E-state index in [-0.39, 0.29) is 16.8 Å². The number of halogens is 1. The molecule has 0 aliphatic carbocycles. The van der Waals surface area contributed by atoms with E-state index in [9.17, 15) is 9.59 Å². The Bertz CT molecular complexity index is 1140. The number of anilines is 2. The molecule has 2 N–H and O–H groups in total. The van der Waals surface area contributed by atoms with Gasteiger partial charge in [-0.1, -0.05) is 42.8 Å². The molecule has 9 heteroatoms. The van der Waals surface area contributed by atoms with Gasteiger partial charge in [-0.3, -0.25) is 14.9 Å². The van der Waals surface area contributed by atoms with Gasteiger partial charge < -0.3 is 19.5 Å². The maximum absolute atomic E-state index is 12.6. The largest absolute Gasteiger partial charge is 0.451 e. The third kappa shape index (κ3) is 4.71. The Morgan fingerprint density at radius 1 is 1.09 bits per heavy atom. The molecular formula is C23H23ClN4O3S. The Hall–Kier alpha value is -3.10. The Morgan fingerprint density at radius 2 is 1.84 bits per heavy atom. The predicted molar refractivity (Wildman–Crippen MR) is 130 cm³/mol. The Labute approximate surface area is 196 Å². The fourth-order valence-electron chi connectivity index (χ4n) is 3.75. The predicted octanol–water partition coefficient (Wildman–Crippen LogP) is 4.27. The van der Waals surface area contributed by atoms with Crippen LogP contribution in [0.1, 0.15) is 23.9 Å². The van der Waals surface area contributed by atoms with E-state index >= 15 is 0 Å². The highest BCUT2D eigenvalue weighted by Crippen LogP contribution is 2.34. The molecule has 2 amide bonds. The number of rotatable bonds is 4. The topological polar surface area (TPSA) is 77.8 Å². The molecule has 2 heterocycles. The van der Waals surface area contributed by atoms with Crippen LogP contribution in [0.5, 0.6) is 0 Å². The number of carbonyl (C=O) groups is 2. The lowest BCUT2D eigenvalue weighted by atomic mass is 10.2. The Kier molecular flexibility index (Phi) is 6.62. The molecule has 166 valence electrons. The van der Waals surface area contributed by atoms with E-state index in [0.29, 0.717) is 48.9 Å². The summed E-state index contributed by atoms with van der Waals surface area (Å²) in [5.41, 5.74) is 2.11. The number of hydrogen-bond acceptors (Lipinski definition) is 5. The van der Waals surface area contributed by atoms with Gasteiger partial charge in [0.05, 0.1) is 16.4 Å². The van der Waals surface area contributed by atoms with Crippen molar-refractivity contribution in [2.45, 2.75) is 13.3 Å². The van der Waals surface area contributed by atoms with Crippen molar-refractivity contribution >= 4 is 63.1 Å². The van der Waals surface area contributed by atoms with Crippen LogP contribution < -0.4 is 15.5 Å². The van der Waals surface area contributed by atoms with E-state index in [2.05, 4.69) is 15.5 Å². The quantitative estimate of drug-likeness (QED) is 0.554. The summed E-state index contributed by atoms with van der Waals surface area (Å²) in [5.74, 6) is -0.107. The zero-order chi connectivity index (χ0) is 22.7. The van der Waals surface area contributed by atoms with Crippen molar-refractivity contribution in [3.8, 4) is 0 Å². The lowest BCUT2D eigenvalue weighted by molar-refractivity contribution is -0.131. The van der Waals surface area contributed by atoms with Crippen LogP contribution in [0, 0.1) is 0 Å². The number of piperazine rings is 1. The molecule has 0 unspecified atom stereocenters. The maximum Gasteiger partial charge on any atom is 0.293 e. The fraction of sp³-hybridized carbons (Fsp3) is 0.261. The van der Waals surface area contributed by atoms with Crippen LogP contribution in [0.4, 0.5) is 11.4 Å². The summed E-state index contributed by atoms with van der Waals surface area (Å²) in [6.45, 7) is 4.44. The molecule has 1 fully saturated rings. The summed E-state index contributed by atoms with van der Waals surface area (Å²) in [4.78, 5) is 28.5. The van der Waals surface area contributed by atoms with Crippen LogP contribution >= 0.6 is 23.8 Å². The van der Waals surface area contributed by atoms with Gasteiger partial charge in [0, 0.05) is 38.0 Å². The SMILES string of the molecule is CCC(=O)N1CCN(c2c(Cl)cccc2NC(=S)NC(=O)c2cc3ccccc3o2)CC1. The summed E-state index contributed by atoms with van der Waals surface area (Å²) < 4.78 is 5.60. The summed E-state index contributed by atoms with van der Waals surface area (Å²) in [6.07, 6.45) is 0.498. The third-order valence-corrected chi connectivity index (χ3v) is 5.87. The van der Waals surface area contributed by atoms with Crippen molar-refractivity contribution < 1.29 is 14.0 Å². The molecule has 0 atom stereocenters. The zero-order valence-electron chi connectivity index (χ0n) is 17.6. The average molecular weight is 471 g/mol. The van der Waals surface area contributed by atoms with Gasteiger partial charge in [-0.05, 0) is 36.5 Å². The van der Waals surface area contributed by atoms with Crippen LogP contribution in [0.15, 0.2) is 52.9 Å². The van der Waals surface area contributed by atoms with Crippen LogP contribution in [0.2, 0.25) is 5.02 Å². The number of furan rings is 1. The summed E-state index contributed by atoms with van der Waals surface area (Å²) >= 11 is 11.9. The number of para-hydroxylation sites is 2. The van der Waals surface area contributed by atoms with E-state index in [1.54, 1.807) is 12.1 Å². The minimum absolute atomic E-state index is 0.138. The third-order valence-electron chi connectivity index (χ3n) is 5.36. The molecule has 0 bridgehead atoms. The van der Waals surface area contributed by atoms with E-state index in [1.165, 1.54) is 0 Å². The summed E-state index contributed by atoms with van der Waals surface area (Å²) in [6, 6.07) is 14.5. The molecule has 0 radical (unpaired) electrons. The second-order valence-electron chi connectivity index (χ2n) is 7.41. The maximum atomic E-state index is 12.6. The number of thiocarbonyl (C=S) groups is 1. The molecule has 1 saturated heterocycles. The minimum Gasteiger partial charge on any atom is -0.451 e. The molecule has 1 aromatic heterocycles. The lowest BCUT2D eigenvalue weighted by Gasteiger charge is -2.37. The van der Waals surface area contributed by atoms with Gasteiger partial charge >= 0.3 is 0 Å². The second-order valence-corrected chi connectivity index (χ2v) is 8.23. The second kappa shape index (κ2) is 9.58. The molecular weight excluding hydrogens is 448 g/mol. The monoisotopic (exact) mass is 470 g/mol. The molecule has 2 aromatic carbocycles. The van der Waals surface area contributed by atoms with Crippen molar-refractivity contribution in [3.63, 3.8) is 0 Å². The zero-order valence-corrected chi connectivity index (χ0v) is 19.1. The average Bonchev–Trinajstić information content (AvgIpc) is 3.23. The van der Waals surface area contributed by atoms with Crippen molar-refractivity contribution in [2.75, 3.05) is 36.4 Å². The van der Waals surface area contributed by atoms with Gasteiger partial charge in [-0.25, -0.2) is 0 Å². The van der Waals surface area contributed by atoms with Gasteiger partial charge in [0.25, 0.3) is 5.91 Å². The summed E-state index contributed by atoms with van der Waals surface area (Å²) in [7, 11) is 0. The van der Waals surface area contributed by atoms with E-state index < -0.39 is 5.91 Å². The molecule has 4 rings (SSSR count). The van der Waals surface area contributed by atoms with Crippen molar-refractivity contribution in [1.82, 2.24) is 10.2 Å². The van der Waals surface area contributed by atoms with Crippen molar-refractivity contribution in [1.29, 1.82) is 0 Å². The first-order valence-corrected chi connectivity index (χ1v) is 11.2. The number of nitrogens with zero attached hydrogens (tertiary/aromatic N) is 2. The molecule has 0 spiro atoms. The van der Waals surface area contributed by atoms with Gasteiger partial charge in [0.1, 0.15) is 5.58 Å². The fourth-order valence-corrected chi connectivity index (χ4v) is 4.25. The lowest BCUT2D eigenvalue weighted by Crippen LogP contribution is -2.49. The first-order valence-electron chi connectivity index (χ1n) is 10.4. The highest BCUT2D eigenvalue weighted by atomic mass is 35.5. The van der Waals surface area contributed by atoms with Crippen LogP contribution in [0.3, 0.4) is 0 Å². The number of carbonyl (C=O) groups excluding carboxylic acids is 2.